The Labute approximate surface area is 193 Å². The summed E-state index contributed by atoms with van der Waals surface area (Å²) < 4.78 is 13.2. The van der Waals surface area contributed by atoms with Crippen LogP contribution in [0.1, 0.15) is 44.1 Å². The molecule has 33 heavy (non-hydrogen) atoms. The third-order valence-electron chi connectivity index (χ3n) is 6.19. The first-order chi connectivity index (χ1) is 16.1. The number of pyridine rings is 2. The van der Waals surface area contributed by atoms with Crippen LogP contribution in [0.4, 0.5) is 15.0 Å². The quantitative estimate of drug-likeness (QED) is 0.419. The molecule has 1 saturated heterocycles. The second-order valence-corrected chi connectivity index (χ2v) is 8.74. The van der Waals surface area contributed by atoms with E-state index in [1.54, 1.807) is 18.5 Å². The van der Waals surface area contributed by atoms with Crippen molar-refractivity contribution in [3.63, 3.8) is 0 Å². The predicted octanol–water partition coefficient (Wildman–Crippen LogP) is 3.50. The number of halogens is 1. The van der Waals surface area contributed by atoms with Gasteiger partial charge in [0.05, 0.1) is 11.0 Å². The first-order valence-electron chi connectivity index (χ1n) is 11.7. The van der Waals surface area contributed by atoms with Gasteiger partial charge in [-0.15, -0.1) is 0 Å². The Hall–Kier alpha value is -3.07. The standard InChI is InChI=1S/C24H32FN7O/c25-19-8-11-32(16-19)10-3-9-27-14-18(13-26)17-12-22-21(28-15-17)6-7-23(30-22)31-24(33)29-20-4-1-2-5-20/h6-7,12-15,19-20H,1-5,8-11,16,26H2,(H2,29,30,31,33)/t19-/m1/s1. The number of aliphatic imine (C=N–C) groups is 1. The van der Waals surface area contributed by atoms with Gasteiger partial charge in [-0.25, -0.2) is 14.2 Å². The maximum atomic E-state index is 13.2. The van der Waals surface area contributed by atoms with Crippen LogP contribution < -0.4 is 16.4 Å². The zero-order chi connectivity index (χ0) is 23.0. The molecule has 4 N–H and O–H groups in total. The third-order valence-corrected chi connectivity index (χ3v) is 6.19. The van der Waals surface area contributed by atoms with Crippen LogP contribution in [0.3, 0.4) is 0 Å². The van der Waals surface area contributed by atoms with Crippen LogP contribution in [0.25, 0.3) is 16.6 Å². The molecule has 8 nitrogen and oxygen atoms in total. The first-order valence-corrected chi connectivity index (χ1v) is 11.7. The minimum Gasteiger partial charge on any atom is -0.404 e. The molecule has 4 rings (SSSR count). The number of carbonyl (C=O) groups is 1. The Balaban J connectivity index is 1.35. The van der Waals surface area contributed by atoms with Gasteiger partial charge in [-0.05, 0) is 43.9 Å². The molecule has 176 valence electrons. The third kappa shape index (κ3) is 6.47. The van der Waals surface area contributed by atoms with E-state index in [2.05, 4.69) is 30.5 Å². The second-order valence-electron chi connectivity index (χ2n) is 8.74. The van der Waals surface area contributed by atoms with Gasteiger partial charge in [0, 0.05) is 62.0 Å². The molecule has 1 aliphatic carbocycles. The molecule has 3 heterocycles. The molecule has 1 atom stereocenters. The van der Waals surface area contributed by atoms with Gasteiger partial charge < -0.3 is 16.0 Å². The predicted molar refractivity (Wildman–Crippen MR) is 130 cm³/mol. The highest BCUT2D eigenvalue weighted by atomic mass is 19.1. The van der Waals surface area contributed by atoms with Crippen LogP contribution in [0.5, 0.6) is 0 Å². The lowest BCUT2D eigenvalue weighted by Crippen LogP contribution is -2.36. The van der Waals surface area contributed by atoms with Gasteiger partial charge in [0.15, 0.2) is 0 Å². The van der Waals surface area contributed by atoms with Crippen LogP contribution in [-0.2, 0) is 0 Å². The van der Waals surface area contributed by atoms with Gasteiger partial charge in [0.25, 0.3) is 0 Å². The largest absolute Gasteiger partial charge is 0.404 e. The molecule has 9 heteroatoms. The second kappa shape index (κ2) is 11.2. The average Bonchev–Trinajstić information content (AvgIpc) is 3.47. The van der Waals surface area contributed by atoms with Crippen LogP contribution >= 0.6 is 0 Å². The van der Waals surface area contributed by atoms with E-state index >= 15 is 0 Å². The summed E-state index contributed by atoms with van der Waals surface area (Å²) in [5.74, 6) is 0.473. The molecule has 2 aliphatic rings. The van der Waals surface area contributed by atoms with Crippen molar-refractivity contribution in [2.75, 3.05) is 31.5 Å². The summed E-state index contributed by atoms with van der Waals surface area (Å²) in [6, 6.07) is 5.47. The van der Waals surface area contributed by atoms with E-state index in [1.165, 1.54) is 6.20 Å². The van der Waals surface area contributed by atoms with Crippen molar-refractivity contribution in [3.05, 3.63) is 36.2 Å². The van der Waals surface area contributed by atoms with E-state index in [4.69, 9.17) is 5.73 Å². The number of likely N-dealkylation sites (tertiary alicyclic amines) is 1. The first kappa shape index (κ1) is 23.1. The number of anilines is 1. The fourth-order valence-electron chi connectivity index (χ4n) is 4.39. The summed E-state index contributed by atoms with van der Waals surface area (Å²) in [5, 5.41) is 5.81. The van der Waals surface area contributed by atoms with Crippen molar-refractivity contribution < 1.29 is 9.18 Å². The molecule has 0 bridgehead atoms. The number of alkyl halides is 1. The van der Waals surface area contributed by atoms with Crippen molar-refractivity contribution in [2.24, 2.45) is 10.7 Å². The maximum absolute atomic E-state index is 13.2. The van der Waals surface area contributed by atoms with Gasteiger partial charge >= 0.3 is 6.03 Å². The number of hydrogen-bond donors (Lipinski definition) is 3. The molecule has 0 spiro atoms. The lowest BCUT2D eigenvalue weighted by atomic mass is 10.1. The summed E-state index contributed by atoms with van der Waals surface area (Å²) in [7, 11) is 0. The van der Waals surface area contributed by atoms with Crippen LogP contribution in [0.15, 0.2) is 35.6 Å². The molecular weight excluding hydrogens is 421 g/mol. The number of nitrogens with two attached hydrogens (primary N) is 1. The van der Waals surface area contributed by atoms with E-state index in [0.717, 1.165) is 61.8 Å². The molecule has 2 amide bonds. The van der Waals surface area contributed by atoms with Gasteiger partial charge in [0.1, 0.15) is 12.0 Å². The number of carbonyl (C=O) groups excluding carboxylic acids is 1. The zero-order valence-electron chi connectivity index (χ0n) is 18.8. The number of allylic oxidation sites excluding steroid dienone is 1. The number of aromatic nitrogens is 2. The van der Waals surface area contributed by atoms with Crippen molar-refractivity contribution in [1.82, 2.24) is 20.2 Å². The summed E-state index contributed by atoms with van der Waals surface area (Å²) in [6.07, 6.45) is 10.2. The van der Waals surface area contributed by atoms with Crippen molar-refractivity contribution in [1.29, 1.82) is 0 Å². The van der Waals surface area contributed by atoms with E-state index in [9.17, 15) is 9.18 Å². The van der Waals surface area contributed by atoms with Crippen molar-refractivity contribution in [3.8, 4) is 0 Å². The summed E-state index contributed by atoms with van der Waals surface area (Å²) in [5.41, 5.74) is 8.77. The Morgan fingerprint density at radius 3 is 2.88 bits per heavy atom. The Morgan fingerprint density at radius 1 is 1.27 bits per heavy atom. The summed E-state index contributed by atoms with van der Waals surface area (Å²) >= 11 is 0. The van der Waals surface area contributed by atoms with Crippen LogP contribution in [-0.4, -0.2) is 65.5 Å². The lowest BCUT2D eigenvalue weighted by molar-refractivity contribution is 0.248. The minimum absolute atomic E-state index is 0.233. The number of urea groups is 1. The number of nitrogens with one attached hydrogen (secondary N) is 2. The highest BCUT2D eigenvalue weighted by Crippen LogP contribution is 2.20. The number of nitrogens with zero attached hydrogens (tertiary/aromatic N) is 4. The van der Waals surface area contributed by atoms with E-state index in [0.29, 0.717) is 30.8 Å². The normalized spacial score (nSPS) is 20.2. The molecule has 1 saturated carbocycles. The molecule has 0 radical (unpaired) electrons. The van der Waals surface area contributed by atoms with Crippen molar-refractivity contribution in [2.45, 2.75) is 50.7 Å². The summed E-state index contributed by atoms with van der Waals surface area (Å²) in [4.78, 5) is 27.9. The number of rotatable bonds is 8. The summed E-state index contributed by atoms with van der Waals surface area (Å²) in [6.45, 7) is 2.86. The highest BCUT2D eigenvalue weighted by molar-refractivity contribution is 6.10. The fraction of sp³-hybridized carbons (Fsp3) is 0.500. The van der Waals surface area contributed by atoms with Crippen LogP contribution in [0.2, 0.25) is 0 Å². The van der Waals surface area contributed by atoms with Gasteiger partial charge in [-0.2, -0.15) is 0 Å². The Bertz CT molecular complexity index is 1020. The maximum Gasteiger partial charge on any atom is 0.320 e. The topological polar surface area (TPSA) is 109 Å². The fourth-order valence-corrected chi connectivity index (χ4v) is 4.39. The van der Waals surface area contributed by atoms with Crippen molar-refractivity contribution >= 4 is 34.7 Å². The molecule has 2 aromatic rings. The number of amides is 2. The minimum atomic E-state index is -0.688. The molecule has 0 unspecified atom stereocenters. The smallest absolute Gasteiger partial charge is 0.320 e. The van der Waals surface area contributed by atoms with Crippen LogP contribution in [0, 0.1) is 0 Å². The Kier molecular flexibility index (Phi) is 7.83. The monoisotopic (exact) mass is 453 g/mol. The molecule has 2 aromatic heterocycles. The molecule has 2 fully saturated rings. The molecular formula is C24H32FN7O. The van der Waals surface area contributed by atoms with Gasteiger partial charge in [-0.3, -0.25) is 15.3 Å². The molecule has 1 aliphatic heterocycles. The Morgan fingerprint density at radius 2 is 2.12 bits per heavy atom. The van der Waals surface area contributed by atoms with Gasteiger partial charge in [0.2, 0.25) is 0 Å². The van der Waals surface area contributed by atoms with E-state index in [1.807, 2.05) is 12.1 Å². The lowest BCUT2D eigenvalue weighted by Gasteiger charge is -2.13. The van der Waals surface area contributed by atoms with E-state index < -0.39 is 6.17 Å². The number of fused-ring (bicyclic) bond motifs is 1. The average molecular weight is 454 g/mol. The molecule has 0 aromatic carbocycles. The zero-order valence-corrected chi connectivity index (χ0v) is 18.8. The van der Waals surface area contributed by atoms with E-state index in [-0.39, 0.29) is 12.1 Å². The highest BCUT2D eigenvalue weighted by Gasteiger charge is 2.20. The SMILES string of the molecule is NC=C(C=NCCCN1CC[C@@H](F)C1)c1cnc2ccc(NC(=O)NC3CCCC3)nc2c1. The van der Waals surface area contributed by atoms with Gasteiger partial charge in [-0.1, -0.05) is 12.8 Å². The number of hydrogen-bond acceptors (Lipinski definition) is 6.